The molecular weight excluding hydrogens is 404 g/mol. The van der Waals surface area contributed by atoms with E-state index >= 15 is 0 Å². The van der Waals surface area contributed by atoms with Crippen LogP contribution in [-0.2, 0) is 6.42 Å². The molecule has 0 saturated heterocycles. The fourth-order valence-corrected chi connectivity index (χ4v) is 3.22. The predicted octanol–water partition coefficient (Wildman–Crippen LogP) is 3.74. The van der Waals surface area contributed by atoms with Crippen molar-refractivity contribution < 1.29 is 14.3 Å². The number of nitrogens with zero attached hydrogens (tertiary/aromatic N) is 2. The number of carbonyl (C=O) groups is 2. The molecule has 0 saturated carbocycles. The molecule has 0 aliphatic rings. The molecule has 160 valence electrons. The molecule has 4 rings (SSSR count). The highest BCUT2D eigenvalue weighted by Crippen LogP contribution is 2.22. The van der Waals surface area contributed by atoms with E-state index < -0.39 is 5.91 Å². The van der Waals surface area contributed by atoms with E-state index in [1.54, 1.807) is 6.07 Å². The average molecular weight is 426 g/mol. The van der Waals surface area contributed by atoms with Crippen LogP contribution in [-0.4, -0.2) is 27.9 Å². The van der Waals surface area contributed by atoms with E-state index in [0.717, 1.165) is 11.3 Å². The van der Waals surface area contributed by atoms with Crippen LogP contribution in [0.15, 0.2) is 91.4 Å². The third kappa shape index (κ3) is 5.20. The van der Waals surface area contributed by atoms with Gasteiger partial charge in [-0.2, -0.15) is 0 Å². The zero-order chi connectivity index (χ0) is 22.3. The monoisotopic (exact) mass is 426 g/mol. The number of hydrogen-bond donors (Lipinski definition) is 2. The van der Waals surface area contributed by atoms with Gasteiger partial charge in [-0.05, 0) is 66.6 Å². The van der Waals surface area contributed by atoms with Gasteiger partial charge in [-0.25, -0.2) is 0 Å². The van der Waals surface area contributed by atoms with Gasteiger partial charge in [0.05, 0.1) is 0 Å². The Morgan fingerprint density at radius 3 is 2.44 bits per heavy atom. The lowest BCUT2D eigenvalue weighted by molar-refractivity contribution is 0.0952. The highest BCUT2D eigenvalue weighted by molar-refractivity contribution is 5.94. The maximum Gasteiger partial charge on any atom is 0.267 e. The van der Waals surface area contributed by atoms with Gasteiger partial charge in [0.25, 0.3) is 11.8 Å². The number of ether oxygens (including phenoxy) is 1. The number of aromatic nitrogens is 2. The number of hydrogen-bond acceptors (Lipinski definition) is 4. The van der Waals surface area contributed by atoms with Crippen LogP contribution in [0, 0.1) is 0 Å². The lowest BCUT2D eigenvalue weighted by Gasteiger charge is -2.09. The second kappa shape index (κ2) is 9.61. The lowest BCUT2D eigenvalue weighted by Crippen LogP contribution is -2.25. The zero-order valence-electron chi connectivity index (χ0n) is 17.3. The van der Waals surface area contributed by atoms with Crippen LogP contribution in [0.1, 0.15) is 26.4 Å². The molecule has 0 bridgehead atoms. The van der Waals surface area contributed by atoms with E-state index in [4.69, 9.17) is 10.5 Å². The van der Waals surface area contributed by atoms with Crippen molar-refractivity contribution in [3.63, 3.8) is 0 Å². The summed E-state index contributed by atoms with van der Waals surface area (Å²) in [6.45, 7) is 0.489. The van der Waals surface area contributed by atoms with Crippen molar-refractivity contribution in [1.82, 2.24) is 14.9 Å². The molecule has 2 amide bonds. The van der Waals surface area contributed by atoms with Crippen molar-refractivity contribution in [3.8, 4) is 17.2 Å². The Hall–Kier alpha value is -4.39. The highest BCUT2D eigenvalue weighted by atomic mass is 16.5. The summed E-state index contributed by atoms with van der Waals surface area (Å²) in [5, 5.41) is 2.94. The molecule has 2 aromatic heterocycles. The molecule has 0 aliphatic heterocycles. The van der Waals surface area contributed by atoms with Gasteiger partial charge < -0.3 is 20.4 Å². The summed E-state index contributed by atoms with van der Waals surface area (Å²) in [6.07, 6.45) is 6.03. The van der Waals surface area contributed by atoms with Crippen LogP contribution < -0.4 is 15.8 Å². The summed E-state index contributed by atoms with van der Waals surface area (Å²) in [6, 6.07) is 22.1. The van der Waals surface area contributed by atoms with Gasteiger partial charge in [0, 0.05) is 42.5 Å². The molecule has 0 aliphatic carbocycles. The first-order valence-electron chi connectivity index (χ1n) is 10.1. The molecule has 7 nitrogen and oxygen atoms in total. The van der Waals surface area contributed by atoms with Crippen LogP contribution in [0.25, 0.3) is 5.69 Å². The molecule has 0 unspecified atom stereocenters. The summed E-state index contributed by atoms with van der Waals surface area (Å²) in [7, 11) is 0. The minimum atomic E-state index is -0.612. The summed E-state index contributed by atoms with van der Waals surface area (Å²) in [5.74, 6) is 0.366. The number of nitrogens with two attached hydrogens (primary N) is 1. The normalized spacial score (nSPS) is 10.5. The molecular formula is C25H22N4O3. The van der Waals surface area contributed by atoms with Gasteiger partial charge in [0.1, 0.15) is 17.2 Å². The maximum absolute atomic E-state index is 12.4. The van der Waals surface area contributed by atoms with Crippen molar-refractivity contribution in [2.45, 2.75) is 6.42 Å². The highest BCUT2D eigenvalue weighted by Gasteiger charge is 2.07. The number of benzene rings is 2. The van der Waals surface area contributed by atoms with Crippen molar-refractivity contribution >= 4 is 11.8 Å². The molecule has 2 aromatic carbocycles. The lowest BCUT2D eigenvalue weighted by atomic mass is 10.1. The predicted molar refractivity (Wildman–Crippen MR) is 121 cm³/mol. The molecule has 4 aromatic rings. The number of carbonyl (C=O) groups excluding carboxylic acids is 2. The Morgan fingerprint density at radius 2 is 1.69 bits per heavy atom. The molecule has 3 N–H and O–H groups in total. The second-order valence-corrected chi connectivity index (χ2v) is 7.13. The van der Waals surface area contributed by atoms with E-state index in [1.165, 1.54) is 12.3 Å². The van der Waals surface area contributed by atoms with Crippen molar-refractivity contribution in [3.05, 3.63) is 108 Å². The average Bonchev–Trinajstić information content (AvgIpc) is 3.35. The fourth-order valence-electron chi connectivity index (χ4n) is 3.22. The summed E-state index contributed by atoms with van der Waals surface area (Å²) >= 11 is 0. The van der Waals surface area contributed by atoms with E-state index in [0.29, 0.717) is 30.0 Å². The third-order valence-electron chi connectivity index (χ3n) is 4.85. The third-order valence-corrected chi connectivity index (χ3v) is 4.85. The van der Waals surface area contributed by atoms with Gasteiger partial charge in [-0.3, -0.25) is 14.6 Å². The molecule has 2 heterocycles. The summed E-state index contributed by atoms with van der Waals surface area (Å²) in [4.78, 5) is 27.6. The van der Waals surface area contributed by atoms with Crippen LogP contribution in [0.4, 0.5) is 0 Å². The van der Waals surface area contributed by atoms with Gasteiger partial charge in [-0.15, -0.1) is 0 Å². The Labute approximate surface area is 185 Å². The molecule has 0 fully saturated rings. The smallest absolute Gasteiger partial charge is 0.267 e. The largest absolute Gasteiger partial charge is 0.457 e. The molecule has 0 atom stereocenters. The topological polar surface area (TPSA) is 99.2 Å². The van der Waals surface area contributed by atoms with Crippen molar-refractivity contribution in [2.75, 3.05) is 6.54 Å². The van der Waals surface area contributed by atoms with Crippen molar-refractivity contribution in [2.24, 2.45) is 5.73 Å². The van der Waals surface area contributed by atoms with Crippen LogP contribution in [0.5, 0.6) is 11.5 Å². The number of rotatable bonds is 8. The van der Waals surface area contributed by atoms with E-state index in [-0.39, 0.29) is 11.6 Å². The number of pyridine rings is 1. The molecule has 32 heavy (non-hydrogen) atoms. The summed E-state index contributed by atoms with van der Waals surface area (Å²) in [5.41, 5.74) is 8.02. The van der Waals surface area contributed by atoms with Gasteiger partial charge in [0.2, 0.25) is 0 Å². The molecule has 0 radical (unpaired) electrons. The zero-order valence-corrected chi connectivity index (χ0v) is 17.3. The minimum absolute atomic E-state index is 0.118. The first-order chi connectivity index (χ1) is 15.6. The van der Waals surface area contributed by atoms with E-state index in [2.05, 4.69) is 10.3 Å². The Bertz CT molecular complexity index is 1220. The van der Waals surface area contributed by atoms with Gasteiger partial charge >= 0.3 is 0 Å². The van der Waals surface area contributed by atoms with Crippen LogP contribution >= 0.6 is 0 Å². The van der Waals surface area contributed by atoms with E-state index in [1.807, 2.05) is 77.6 Å². The quantitative estimate of drug-likeness (QED) is 0.448. The number of nitrogens with one attached hydrogen (secondary N) is 1. The first-order valence-corrected chi connectivity index (χ1v) is 10.1. The van der Waals surface area contributed by atoms with E-state index in [9.17, 15) is 9.59 Å². The SMILES string of the molecule is NC(=O)c1cc(Oc2cccc(CCNC(=O)c3ccc(-n4cccc4)cc3)c2)ccn1. The molecule has 0 spiro atoms. The maximum atomic E-state index is 12.4. The van der Waals surface area contributed by atoms with Gasteiger partial charge in [0.15, 0.2) is 0 Å². The Morgan fingerprint density at radius 1 is 0.938 bits per heavy atom. The first kappa shape index (κ1) is 20.9. The summed E-state index contributed by atoms with van der Waals surface area (Å²) < 4.78 is 7.79. The standard InChI is InChI=1S/C25H22N4O3/c26-24(30)23-17-22(11-13-27-23)32-21-5-3-4-18(16-21)10-12-28-25(31)19-6-8-20(9-7-19)29-14-1-2-15-29/h1-9,11,13-17H,10,12H2,(H2,26,30)(H,28,31). The minimum Gasteiger partial charge on any atom is -0.457 e. The molecule has 7 heteroatoms. The second-order valence-electron chi connectivity index (χ2n) is 7.13. The fraction of sp³-hybridized carbons (Fsp3) is 0.0800. The Kier molecular flexibility index (Phi) is 6.27. The van der Waals surface area contributed by atoms with Crippen molar-refractivity contribution in [1.29, 1.82) is 0 Å². The van der Waals surface area contributed by atoms with Gasteiger partial charge in [-0.1, -0.05) is 12.1 Å². The van der Waals surface area contributed by atoms with Crippen LogP contribution in [0.2, 0.25) is 0 Å². The number of primary amides is 1. The van der Waals surface area contributed by atoms with Crippen LogP contribution in [0.3, 0.4) is 0 Å². The Balaban J connectivity index is 1.32. The number of amides is 2.